The lowest BCUT2D eigenvalue weighted by Gasteiger charge is -2.43. The predicted octanol–water partition coefficient (Wildman–Crippen LogP) is 2.48. The molecule has 0 N–H and O–H groups in total. The highest BCUT2D eigenvalue weighted by atomic mass is 16.5. The Labute approximate surface area is 74.8 Å². The third-order valence-corrected chi connectivity index (χ3v) is 3.70. The Balaban J connectivity index is 2.07. The second-order valence-corrected chi connectivity index (χ2v) is 4.38. The number of fused-ring (bicyclic) bond motifs is 2. The SMILES string of the molecule is C=CC1CC2COCC(C1)C2C. The second kappa shape index (κ2) is 3.21. The zero-order valence-corrected chi connectivity index (χ0v) is 7.83. The van der Waals surface area contributed by atoms with Gasteiger partial charge in [0.1, 0.15) is 0 Å². The second-order valence-electron chi connectivity index (χ2n) is 4.38. The first-order chi connectivity index (χ1) is 5.81. The summed E-state index contributed by atoms with van der Waals surface area (Å²) in [5.41, 5.74) is 0. The Hall–Kier alpha value is -0.300. The lowest BCUT2D eigenvalue weighted by molar-refractivity contribution is -0.0589. The summed E-state index contributed by atoms with van der Waals surface area (Å²) in [6.45, 7) is 8.26. The standard InChI is InChI=1S/C11H18O/c1-3-9-4-10-6-12-7-11(5-9)8(10)2/h3,8-11H,1,4-7H2,2H3. The Bertz CT molecular complexity index is 162. The summed E-state index contributed by atoms with van der Waals surface area (Å²) in [6.07, 6.45) is 4.75. The predicted molar refractivity (Wildman–Crippen MR) is 49.9 cm³/mol. The fraction of sp³-hybridized carbons (Fsp3) is 0.818. The van der Waals surface area contributed by atoms with E-state index in [0.717, 1.165) is 36.9 Å². The van der Waals surface area contributed by atoms with E-state index in [-0.39, 0.29) is 0 Å². The van der Waals surface area contributed by atoms with Crippen LogP contribution in [0.5, 0.6) is 0 Å². The zero-order valence-electron chi connectivity index (χ0n) is 7.83. The molecule has 0 aromatic carbocycles. The van der Waals surface area contributed by atoms with E-state index in [1.165, 1.54) is 12.8 Å². The summed E-state index contributed by atoms with van der Waals surface area (Å²) in [5.74, 6) is 3.26. The number of hydrogen-bond acceptors (Lipinski definition) is 1. The van der Waals surface area contributed by atoms with Crippen molar-refractivity contribution in [1.82, 2.24) is 0 Å². The molecule has 0 radical (unpaired) electrons. The van der Waals surface area contributed by atoms with Gasteiger partial charge in [-0.05, 0) is 36.5 Å². The molecule has 0 aromatic heterocycles. The van der Waals surface area contributed by atoms with Crippen LogP contribution >= 0.6 is 0 Å². The number of rotatable bonds is 1. The maximum Gasteiger partial charge on any atom is 0.0497 e. The van der Waals surface area contributed by atoms with E-state index < -0.39 is 0 Å². The molecule has 2 atom stereocenters. The molecular weight excluding hydrogens is 148 g/mol. The smallest absolute Gasteiger partial charge is 0.0497 e. The summed E-state index contributed by atoms with van der Waals surface area (Å²) in [7, 11) is 0. The van der Waals surface area contributed by atoms with E-state index in [4.69, 9.17) is 4.74 Å². The Morgan fingerprint density at radius 1 is 1.25 bits per heavy atom. The monoisotopic (exact) mass is 166 g/mol. The van der Waals surface area contributed by atoms with Crippen LogP contribution in [0.25, 0.3) is 0 Å². The van der Waals surface area contributed by atoms with Crippen molar-refractivity contribution < 1.29 is 4.74 Å². The quantitative estimate of drug-likeness (QED) is 0.544. The van der Waals surface area contributed by atoms with Crippen LogP contribution in [0.2, 0.25) is 0 Å². The normalized spacial score (nSPS) is 47.1. The van der Waals surface area contributed by atoms with Crippen LogP contribution in [0, 0.1) is 23.7 Å². The van der Waals surface area contributed by atoms with Gasteiger partial charge in [-0.3, -0.25) is 0 Å². The minimum Gasteiger partial charge on any atom is -0.381 e. The highest BCUT2D eigenvalue weighted by Gasteiger charge is 2.37. The lowest BCUT2D eigenvalue weighted by atomic mass is 9.68. The first-order valence-corrected chi connectivity index (χ1v) is 5.01. The van der Waals surface area contributed by atoms with E-state index in [1.807, 2.05) is 0 Å². The van der Waals surface area contributed by atoms with Gasteiger partial charge in [0.05, 0.1) is 0 Å². The molecule has 1 heteroatoms. The van der Waals surface area contributed by atoms with E-state index in [0.29, 0.717) is 0 Å². The fourth-order valence-electron chi connectivity index (χ4n) is 2.69. The van der Waals surface area contributed by atoms with Crippen LogP contribution in [0.3, 0.4) is 0 Å². The van der Waals surface area contributed by atoms with Crippen LogP contribution in [0.15, 0.2) is 12.7 Å². The average molecular weight is 166 g/mol. The molecule has 68 valence electrons. The molecule has 1 aliphatic carbocycles. The van der Waals surface area contributed by atoms with Gasteiger partial charge in [-0.25, -0.2) is 0 Å². The van der Waals surface area contributed by atoms with Crippen molar-refractivity contribution in [2.45, 2.75) is 19.8 Å². The molecule has 2 aliphatic rings. The molecule has 1 nitrogen and oxygen atoms in total. The fourth-order valence-corrected chi connectivity index (χ4v) is 2.69. The molecule has 1 saturated carbocycles. The Morgan fingerprint density at radius 3 is 2.33 bits per heavy atom. The summed E-state index contributed by atoms with van der Waals surface area (Å²) >= 11 is 0. The van der Waals surface area contributed by atoms with Crippen LogP contribution in [-0.4, -0.2) is 13.2 Å². The minimum atomic E-state index is 0.764. The highest BCUT2D eigenvalue weighted by molar-refractivity contribution is 4.92. The number of allylic oxidation sites excluding steroid dienone is 1. The van der Waals surface area contributed by atoms with Crippen LogP contribution in [0.1, 0.15) is 19.8 Å². The molecule has 1 aliphatic heterocycles. The molecule has 2 fully saturated rings. The van der Waals surface area contributed by atoms with Crippen molar-refractivity contribution in [3.63, 3.8) is 0 Å². The number of ether oxygens (including phenoxy) is 1. The van der Waals surface area contributed by atoms with E-state index in [2.05, 4.69) is 19.6 Å². The minimum absolute atomic E-state index is 0.764. The van der Waals surface area contributed by atoms with Crippen molar-refractivity contribution in [2.75, 3.05) is 13.2 Å². The third-order valence-electron chi connectivity index (χ3n) is 3.70. The van der Waals surface area contributed by atoms with Crippen LogP contribution in [-0.2, 0) is 4.74 Å². The molecule has 2 bridgehead atoms. The topological polar surface area (TPSA) is 9.23 Å². The maximum atomic E-state index is 5.57. The molecule has 0 aromatic rings. The van der Waals surface area contributed by atoms with Gasteiger partial charge in [-0.15, -0.1) is 6.58 Å². The van der Waals surface area contributed by atoms with Gasteiger partial charge in [0.25, 0.3) is 0 Å². The molecule has 2 rings (SSSR count). The van der Waals surface area contributed by atoms with E-state index in [1.54, 1.807) is 0 Å². The summed E-state index contributed by atoms with van der Waals surface area (Å²) in [6, 6.07) is 0. The van der Waals surface area contributed by atoms with Gasteiger partial charge >= 0.3 is 0 Å². The van der Waals surface area contributed by atoms with Gasteiger partial charge < -0.3 is 4.74 Å². The van der Waals surface area contributed by atoms with Crippen molar-refractivity contribution in [1.29, 1.82) is 0 Å². The zero-order chi connectivity index (χ0) is 8.55. The van der Waals surface area contributed by atoms with Gasteiger partial charge in [0, 0.05) is 13.2 Å². The number of hydrogen-bond donors (Lipinski definition) is 0. The summed E-state index contributed by atoms with van der Waals surface area (Å²) in [4.78, 5) is 0. The average Bonchev–Trinajstić information content (AvgIpc) is 2.04. The van der Waals surface area contributed by atoms with Crippen LogP contribution < -0.4 is 0 Å². The molecule has 1 heterocycles. The van der Waals surface area contributed by atoms with Gasteiger partial charge in [0.15, 0.2) is 0 Å². The maximum absolute atomic E-state index is 5.57. The first kappa shape index (κ1) is 8.31. The van der Waals surface area contributed by atoms with Crippen molar-refractivity contribution in [2.24, 2.45) is 23.7 Å². The molecular formula is C11H18O. The van der Waals surface area contributed by atoms with Gasteiger partial charge in [-0.2, -0.15) is 0 Å². The largest absolute Gasteiger partial charge is 0.381 e. The molecule has 0 amide bonds. The first-order valence-electron chi connectivity index (χ1n) is 5.01. The molecule has 2 unspecified atom stereocenters. The highest BCUT2D eigenvalue weighted by Crippen LogP contribution is 2.41. The van der Waals surface area contributed by atoms with E-state index >= 15 is 0 Å². The summed E-state index contributed by atoms with van der Waals surface area (Å²) < 4.78 is 5.57. The molecule has 1 saturated heterocycles. The van der Waals surface area contributed by atoms with Crippen molar-refractivity contribution >= 4 is 0 Å². The Morgan fingerprint density at radius 2 is 1.83 bits per heavy atom. The third kappa shape index (κ3) is 1.31. The van der Waals surface area contributed by atoms with Crippen molar-refractivity contribution in [3.05, 3.63) is 12.7 Å². The summed E-state index contributed by atoms with van der Waals surface area (Å²) in [5, 5.41) is 0. The van der Waals surface area contributed by atoms with Crippen LogP contribution in [0.4, 0.5) is 0 Å². The lowest BCUT2D eigenvalue weighted by Crippen LogP contribution is -2.40. The van der Waals surface area contributed by atoms with Crippen molar-refractivity contribution in [3.8, 4) is 0 Å². The molecule has 12 heavy (non-hydrogen) atoms. The van der Waals surface area contributed by atoms with E-state index in [9.17, 15) is 0 Å². The van der Waals surface area contributed by atoms with Gasteiger partial charge in [0.2, 0.25) is 0 Å². The Kier molecular flexibility index (Phi) is 2.22. The molecule has 0 spiro atoms. The van der Waals surface area contributed by atoms with Gasteiger partial charge in [-0.1, -0.05) is 13.0 Å².